The highest BCUT2D eigenvalue weighted by Crippen LogP contribution is 2.30. The number of hydrogen-bond acceptors (Lipinski definition) is 5. The third-order valence-corrected chi connectivity index (χ3v) is 6.83. The summed E-state index contributed by atoms with van der Waals surface area (Å²) >= 11 is 0. The molecular weight excluding hydrogens is 439 g/mol. The second kappa shape index (κ2) is 8.71. The zero-order valence-electron chi connectivity index (χ0n) is 16.5. The van der Waals surface area contributed by atoms with Gasteiger partial charge in [0.15, 0.2) is 0 Å². The second-order valence-electron chi connectivity index (χ2n) is 6.88. The molecule has 1 aliphatic heterocycles. The van der Waals surface area contributed by atoms with Crippen molar-refractivity contribution in [3.05, 3.63) is 53.5 Å². The number of furan rings is 1. The van der Waals surface area contributed by atoms with Crippen LogP contribution in [0.5, 0.6) is 0 Å². The minimum absolute atomic E-state index is 0.0100. The molecule has 1 aromatic carbocycles. The molecule has 12 heteroatoms. The molecule has 2 aromatic rings. The molecule has 2 amide bonds. The van der Waals surface area contributed by atoms with Crippen LogP contribution >= 0.6 is 0 Å². The van der Waals surface area contributed by atoms with Gasteiger partial charge in [0.1, 0.15) is 5.76 Å². The molecule has 0 spiro atoms. The maximum atomic E-state index is 12.7. The Morgan fingerprint density at radius 2 is 1.68 bits per heavy atom. The molecule has 0 saturated carbocycles. The Kier molecular flexibility index (Phi) is 6.41. The average molecular weight is 459 g/mol. The van der Waals surface area contributed by atoms with E-state index in [4.69, 9.17) is 4.42 Å². The van der Waals surface area contributed by atoms with Crippen LogP contribution in [0.4, 0.5) is 13.2 Å². The van der Waals surface area contributed by atoms with E-state index < -0.39 is 27.7 Å². The molecule has 0 unspecified atom stereocenters. The van der Waals surface area contributed by atoms with Crippen molar-refractivity contribution in [1.29, 1.82) is 0 Å². The van der Waals surface area contributed by atoms with Gasteiger partial charge in [-0.15, -0.1) is 0 Å². The number of piperazine rings is 1. The summed E-state index contributed by atoms with van der Waals surface area (Å²) in [6, 6.07) is 4.76. The van der Waals surface area contributed by atoms with Gasteiger partial charge in [0.25, 0.3) is 5.91 Å². The van der Waals surface area contributed by atoms with Crippen LogP contribution in [0.2, 0.25) is 0 Å². The van der Waals surface area contributed by atoms with E-state index >= 15 is 0 Å². The number of alkyl halides is 3. The number of amides is 2. The standard InChI is InChI=1S/C19H20F3N3O5S/c1-13-16(6-11-30-13)18(27)23-12-17(26)24-7-9-25(10-8-24)31(28,29)15-4-2-14(3-5-15)19(20,21)22/h2-6,11H,7-10,12H2,1H3,(H,23,27). The molecule has 1 fully saturated rings. The summed E-state index contributed by atoms with van der Waals surface area (Å²) in [5.74, 6) is -0.406. The van der Waals surface area contributed by atoms with Gasteiger partial charge in [-0.2, -0.15) is 17.5 Å². The van der Waals surface area contributed by atoms with Crippen molar-refractivity contribution in [3.63, 3.8) is 0 Å². The van der Waals surface area contributed by atoms with Gasteiger partial charge >= 0.3 is 6.18 Å². The molecule has 1 saturated heterocycles. The molecule has 0 aliphatic carbocycles. The smallest absolute Gasteiger partial charge is 0.416 e. The quantitative estimate of drug-likeness (QED) is 0.736. The fourth-order valence-corrected chi connectivity index (χ4v) is 4.55. The Balaban J connectivity index is 1.55. The molecule has 0 atom stereocenters. The van der Waals surface area contributed by atoms with E-state index in [1.54, 1.807) is 6.92 Å². The fourth-order valence-electron chi connectivity index (χ4n) is 3.13. The monoisotopic (exact) mass is 459 g/mol. The Morgan fingerprint density at radius 3 is 2.19 bits per heavy atom. The summed E-state index contributed by atoms with van der Waals surface area (Å²) in [6.07, 6.45) is -3.19. The van der Waals surface area contributed by atoms with E-state index in [-0.39, 0.29) is 43.5 Å². The number of halogens is 3. The van der Waals surface area contributed by atoms with Crippen LogP contribution in [0.1, 0.15) is 21.7 Å². The Morgan fingerprint density at radius 1 is 1.06 bits per heavy atom. The first kappa shape index (κ1) is 22.8. The van der Waals surface area contributed by atoms with Gasteiger partial charge in [0.2, 0.25) is 15.9 Å². The topological polar surface area (TPSA) is 99.9 Å². The van der Waals surface area contributed by atoms with Crippen LogP contribution in [0, 0.1) is 6.92 Å². The highest BCUT2D eigenvalue weighted by atomic mass is 32.2. The van der Waals surface area contributed by atoms with Crippen molar-refractivity contribution in [3.8, 4) is 0 Å². The molecule has 3 rings (SSSR count). The van der Waals surface area contributed by atoms with Gasteiger partial charge < -0.3 is 14.6 Å². The van der Waals surface area contributed by atoms with Crippen molar-refractivity contribution in [2.45, 2.75) is 18.0 Å². The average Bonchev–Trinajstić information content (AvgIpc) is 3.17. The predicted molar refractivity (Wildman–Crippen MR) is 103 cm³/mol. The van der Waals surface area contributed by atoms with Crippen LogP contribution in [-0.4, -0.2) is 62.2 Å². The SMILES string of the molecule is Cc1occc1C(=O)NCC(=O)N1CCN(S(=O)(=O)c2ccc(C(F)(F)F)cc2)CC1. The Labute approximate surface area is 176 Å². The van der Waals surface area contributed by atoms with E-state index in [2.05, 4.69) is 5.32 Å². The molecule has 2 heterocycles. The minimum Gasteiger partial charge on any atom is -0.469 e. The first-order valence-corrected chi connectivity index (χ1v) is 10.7. The van der Waals surface area contributed by atoms with Gasteiger partial charge in [-0.25, -0.2) is 8.42 Å². The fraction of sp³-hybridized carbons (Fsp3) is 0.368. The van der Waals surface area contributed by atoms with Crippen molar-refractivity contribution in [1.82, 2.24) is 14.5 Å². The van der Waals surface area contributed by atoms with E-state index in [0.29, 0.717) is 11.3 Å². The second-order valence-corrected chi connectivity index (χ2v) is 8.82. The molecule has 1 aromatic heterocycles. The van der Waals surface area contributed by atoms with Crippen LogP contribution in [0.25, 0.3) is 0 Å². The molecule has 1 aliphatic rings. The normalized spacial score (nSPS) is 15.7. The lowest BCUT2D eigenvalue weighted by Gasteiger charge is -2.34. The molecule has 1 N–H and O–H groups in total. The maximum absolute atomic E-state index is 12.7. The number of nitrogens with zero attached hydrogens (tertiary/aromatic N) is 2. The Hall–Kier alpha value is -2.86. The first-order chi connectivity index (χ1) is 14.5. The summed E-state index contributed by atoms with van der Waals surface area (Å²) in [7, 11) is -3.99. The van der Waals surface area contributed by atoms with Crippen LogP contribution in [0.15, 0.2) is 45.9 Å². The van der Waals surface area contributed by atoms with Crippen molar-refractivity contribution < 1.29 is 35.6 Å². The van der Waals surface area contributed by atoms with Gasteiger partial charge in [0.05, 0.1) is 28.8 Å². The number of aryl methyl sites for hydroxylation is 1. The van der Waals surface area contributed by atoms with Crippen LogP contribution < -0.4 is 5.32 Å². The highest BCUT2D eigenvalue weighted by molar-refractivity contribution is 7.89. The van der Waals surface area contributed by atoms with Gasteiger partial charge in [-0.05, 0) is 37.3 Å². The van der Waals surface area contributed by atoms with Crippen molar-refractivity contribution in [2.75, 3.05) is 32.7 Å². The van der Waals surface area contributed by atoms with E-state index in [0.717, 1.165) is 28.6 Å². The largest absolute Gasteiger partial charge is 0.469 e. The zero-order chi connectivity index (χ0) is 22.8. The lowest BCUT2D eigenvalue weighted by atomic mass is 10.2. The molecule has 8 nitrogen and oxygen atoms in total. The number of nitrogens with one attached hydrogen (secondary N) is 1. The lowest BCUT2D eigenvalue weighted by molar-refractivity contribution is -0.137. The van der Waals surface area contributed by atoms with Gasteiger partial charge in [0, 0.05) is 26.2 Å². The number of hydrogen-bond donors (Lipinski definition) is 1. The first-order valence-electron chi connectivity index (χ1n) is 9.27. The Bertz CT molecular complexity index is 1060. The van der Waals surface area contributed by atoms with Gasteiger partial charge in [-0.1, -0.05) is 0 Å². The number of benzene rings is 1. The number of carbonyl (C=O) groups is 2. The zero-order valence-corrected chi connectivity index (χ0v) is 17.3. The summed E-state index contributed by atoms with van der Waals surface area (Å²) in [6.45, 7) is 1.54. The summed E-state index contributed by atoms with van der Waals surface area (Å²) in [5, 5.41) is 2.49. The van der Waals surface area contributed by atoms with E-state index in [9.17, 15) is 31.2 Å². The lowest BCUT2D eigenvalue weighted by Crippen LogP contribution is -2.52. The third-order valence-electron chi connectivity index (χ3n) is 4.91. The van der Waals surface area contributed by atoms with Crippen molar-refractivity contribution in [2.24, 2.45) is 0 Å². The molecular formula is C19H20F3N3O5S. The number of sulfonamides is 1. The van der Waals surface area contributed by atoms with Gasteiger partial charge in [-0.3, -0.25) is 9.59 Å². The summed E-state index contributed by atoms with van der Waals surface area (Å²) in [5.41, 5.74) is -0.616. The predicted octanol–water partition coefficient (Wildman–Crippen LogP) is 1.87. The van der Waals surface area contributed by atoms with Crippen LogP contribution in [-0.2, 0) is 21.0 Å². The number of carbonyl (C=O) groups excluding carboxylic acids is 2. The minimum atomic E-state index is -4.56. The number of rotatable bonds is 5. The molecule has 31 heavy (non-hydrogen) atoms. The highest BCUT2D eigenvalue weighted by Gasteiger charge is 2.33. The third kappa shape index (κ3) is 5.07. The summed E-state index contributed by atoms with van der Waals surface area (Å²) < 4.78 is 69.5. The van der Waals surface area contributed by atoms with E-state index in [1.807, 2.05) is 0 Å². The molecule has 0 bridgehead atoms. The van der Waals surface area contributed by atoms with E-state index in [1.165, 1.54) is 17.2 Å². The molecule has 0 radical (unpaired) electrons. The van der Waals surface area contributed by atoms with Crippen molar-refractivity contribution >= 4 is 21.8 Å². The summed E-state index contributed by atoms with van der Waals surface area (Å²) in [4.78, 5) is 25.5. The van der Waals surface area contributed by atoms with Crippen LogP contribution in [0.3, 0.4) is 0 Å². The maximum Gasteiger partial charge on any atom is 0.416 e. The molecule has 168 valence electrons.